The standard InChI is InChI=1S/C27H22ClNO4/c1-3-32-20-6-4-5-18(13-20)24-23-25(30)21-14-19(28)11-12-22(21)33-26(23)27(31)29(24)15-17-9-7-16(2)8-10-17/h4-14,24H,3,15H2,1-2H3. The van der Waals surface area contributed by atoms with Crippen LogP contribution in [-0.4, -0.2) is 17.4 Å². The minimum Gasteiger partial charge on any atom is -0.494 e. The molecule has 0 saturated heterocycles. The van der Waals surface area contributed by atoms with Crippen molar-refractivity contribution in [3.05, 3.63) is 110 Å². The number of benzene rings is 3. The third-order valence-electron chi connectivity index (χ3n) is 5.89. The number of fused-ring (bicyclic) bond motifs is 2. The summed E-state index contributed by atoms with van der Waals surface area (Å²) in [4.78, 5) is 28.9. The van der Waals surface area contributed by atoms with E-state index in [0.717, 1.165) is 16.7 Å². The Kier molecular flexibility index (Phi) is 5.43. The molecule has 1 aromatic heterocycles. The molecule has 1 aliphatic heterocycles. The van der Waals surface area contributed by atoms with E-state index in [9.17, 15) is 9.59 Å². The summed E-state index contributed by atoms with van der Waals surface area (Å²) in [6.45, 7) is 4.78. The SMILES string of the molecule is CCOc1cccc(C2c3c(oc4ccc(Cl)cc4c3=O)C(=O)N2Cc2ccc(C)cc2)c1. The number of aryl methyl sites for hydroxylation is 1. The van der Waals surface area contributed by atoms with Gasteiger partial charge < -0.3 is 14.1 Å². The predicted octanol–water partition coefficient (Wildman–Crippen LogP) is 5.90. The molecule has 4 aromatic rings. The van der Waals surface area contributed by atoms with Crippen LogP contribution in [0.2, 0.25) is 5.02 Å². The molecule has 1 atom stereocenters. The number of nitrogens with zero attached hydrogens (tertiary/aromatic N) is 1. The lowest BCUT2D eigenvalue weighted by atomic mass is 9.98. The van der Waals surface area contributed by atoms with Gasteiger partial charge in [-0.2, -0.15) is 0 Å². The summed E-state index contributed by atoms with van der Waals surface area (Å²) >= 11 is 6.15. The van der Waals surface area contributed by atoms with E-state index in [1.165, 1.54) is 0 Å². The Morgan fingerprint density at radius 3 is 2.58 bits per heavy atom. The lowest BCUT2D eigenvalue weighted by Gasteiger charge is -2.25. The first-order valence-electron chi connectivity index (χ1n) is 10.8. The Bertz CT molecular complexity index is 1420. The first-order valence-corrected chi connectivity index (χ1v) is 11.2. The third kappa shape index (κ3) is 3.79. The maximum Gasteiger partial charge on any atom is 0.291 e. The number of hydrogen-bond acceptors (Lipinski definition) is 4. The highest BCUT2D eigenvalue weighted by molar-refractivity contribution is 6.31. The molecule has 0 radical (unpaired) electrons. The number of halogens is 1. The molecule has 2 heterocycles. The van der Waals surface area contributed by atoms with Gasteiger partial charge in [0.2, 0.25) is 5.76 Å². The number of carbonyl (C=O) groups is 1. The lowest BCUT2D eigenvalue weighted by Crippen LogP contribution is -2.29. The largest absolute Gasteiger partial charge is 0.494 e. The van der Waals surface area contributed by atoms with Gasteiger partial charge in [0.05, 0.1) is 23.6 Å². The van der Waals surface area contributed by atoms with Gasteiger partial charge in [-0.05, 0) is 55.3 Å². The third-order valence-corrected chi connectivity index (χ3v) is 6.12. The number of ether oxygens (including phenoxy) is 1. The van der Waals surface area contributed by atoms with Gasteiger partial charge >= 0.3 is 0 Å². The van der Waals surface area contributed by atoms with E-state index in [-0.39, 0.29) is 17.1 Å². The van der Waals surface area contributed by atoms with Crippen molar-refractivity contribution in [2.75, 3.05) is 6.61 Å². The monoisotopic (exact) mass is 459 g/mol. The van der Waals surface area contributed by atoms with Crippen molar-refractivity contribution in [3.8, 4) is 5.75 Å². The van der Waals surface area contributed by atoms with E-state index >= 15 is 0 Å². The fourth-order valence-electron chi connectivity index (χ4n) is 4.33. The first kappa shape index (κ1) is 21.3. The van der Waals surface area contributed by atoms with Crippen LogP contribution in [0.15, 0.2) is 75.9 Å². The van der Waals surface area contributed by atoms with Gasteiger partial charge in [-0.1, -0.05) is 53.6 Å². The van der Waals surface area contributed by atoms with Crippen LogP contribution < -0.4 is 10.2 Å². The molecule has 166 valence electrons. The van der Waals surface area contributed by atoms with E-state index < -0.39 is 6.04 Å². The Balaban J connectivity index is 1.71. The molecule has 0 spiro atoms. The molecule has 5 nitrogen and oxygen atoms in total. The summed E-state index contributed by atoms with van der Waals surface area (Å²) in [5, 5.41) is 0.794. The summed E-state index contributed by atoms with van der Waals surface area (Å²) in [6, 6.07) is 19.8. The molecule has 0 saturated carbocycles. The van der Waals surface area contributed by atoms with Crippen LogP contribution in [0.1, 0.15) is 45.8 Å². The summed E-state index contributed by atoms with van der Waals surface area (Å²) in [5.74, 6) is 0.444. The van der Waals surface area contributed by atoms with E-state index in [4.69, 9.17) is 20.8 Å². The van der Waals surface area contributed by atoms with Crippen molar-refractivity contribution < 1.29 is 13.9 Å². The van der Waals surface area contributed by atoms with Crippen LogP contribution in [0.5, 0.6) is 5.75 Å². The lowest BCUT2D eigenvalue weighted by molar-refractivity contribution is 0.0714. The highest BCUT2D eigenvalue weighted by Gasteiger charge is 2.42. The van der Waals surface area contributed by atoms with Gasteiger partial charge in [-0.3, -0.25) is 9.59 Å². The highest BCUT2D eigenvalue weighted by atomic mass is 35.5. The van der Waals surface area contributed by atoms with Crippen molar-refractivity contribution in [1.82, 2.24) is 4.90 Å². The van der Waals surface area contributed by atoms with Crippen LogP contribution in [0.4, 0.5) is 0 Å². The van der Waals surface area contributed by atoms with Crippen LogP contribution >= 0.6 is 11.6 Å². The molecule has 3 aromatic carbocycles. The molecule has 1 amide bonds. The normalized spacial score (nSPS) is 15.2. The Labute approximate surface area is 196 Å². The van der Waals surface area contributed by atoms with Crippen molar-refractivity contribution >= 4 is 28.5 Å². The molecule has 0 N–H and O–H groups in total. The van der Waals surface area contributed by atoms with E-state index in [2.05, 4.69) is 0 Å². The number of hydrogen-bond donors (Lipinski definition) is 0. The van der Waals surface area contributed by atoms with Crippen LogP contribution in [-0.2, 0) is 6.54 Å². The summed E-state index contributed by atoms with van der Waals surface area (Å²) in [7, 11) is 0. The quantitative estimate of drug-likeness (QED) is 0.373. The molecule has 1 unspecified atom stereocenters. The zero-order chi connectivity index (χ0) is 23.1. The Morgan fingerprint density at radius 2 is 1.82 bits per heavy atom. The molecular weight excluding hydrogens is 438 g/mol. The summed E-state index contributed by atoms with van der Waals surface area (Å²) in [5.41, 5.74) is 3.31. The fraction of sp³-hybridized carbons (Fsp3) is 0.185. The first-order chi connectivity index (χ1) is 16.0. The van der Waals surface area contributed by atoms with E-state index in [0.29, 0.717) is 40.5 Å². The van der Waals surface area contributed by atoms with Crippen LogP contribution in [0.25, 0.3) is 11.0 Å². The summed E-state index contributed by atoms with van der Waals surface area (Å²) < 4.78 is 11.7. The van der Waals surface area contributed by atoms with Gasteiger partial charge in [0.15, 0.2) is 5.43 Å². The van der Waals surface area contributed by atoms with Crippen molar-refractivity contribution in [3.63, 3.8) is 0 Å². The topological polar surface area (TPSA) is 59.8 Å². The minimum absolute atomic E-state index is 0.0775. The zero-order valence-electron chi connectivity index (χ0n) is 18.3. The number of rotatable bonds is 5. The Morgan fingerprint density at radius 1 is 1.03 bits per heavy atom. The highest BCUT2D eigenvalue weighted by Crippen LogP contribution is 2.40. The van der Waals surface area contributed by atoms with Crippen molar-refractivity contribution in [1.29, 1.82) is 0 Å². The van der Waals surface area contributed by atoms with E-state index in [1.54, 1.807) is 23.1 Å². The molecule has 1 aliphatic rings. The minimum atomic E-state index is -0.603. The van der Waals surface area contributed by atoms with Gasteiger partial charge in [0, 0.05) is 11.6 Å². The number of amides is 1. The van der Waals surface area contributed by atoms with Crippen LogP contribution in [0, 0.1) is 6.92 Å². The maximum absolute atomic E-state index is 13.6. The second-order valence-electron chi connectivity index (χ2n) is 8.14. The average molecular weight is 460 g/mol. The van der Waals surface area contributed by atoms with Crippen molar-refractivity contribution in [2.45, 2.75) is 26.4 Å². The van der Waals surface area contributed by atoms with Crippen LogP contribution in [0.3, 0.4) is 0 Å². The molecule has 33 heavy (non-hydrogen) atoms. The predicted molar refractivity (Wildman–Crippen MR) is 128 cm³/mol. The smallest absolute Gasteiger partial charge is 0.291 e. The van der Waals surface area contributed by atoms with Crippen molar-refractivity contribution in [2.24, 2.45) is 0 Å². The van der Waals surface area contributed by atoms with Gasteiger partial charge in [0.25, 0.3) is 5.91 Å². The summed E-state index contributed by atoms with van der Waals surface area (Å²) in [6.07, 6.45) is 0. The van der Waals surface area contributed by atoms with Gasteiger partial charge in [-0.25, -0.2) is 0 Å². The molecule has 5 rings (SSSR count). The Hall–Kier alpha value is -3.57. The van der Waals surface area contributed by atoms with Gasteiger partial charge in [-0.15, -0.1) is 0 Å². The average Bonchev–Trinajstić information content (AvgIpc) is 3.08. The second kappa shape index (κ2) is 8.41. The van der Waals surface area contributed by atoms with E-state index in [1.807, 2.05) is 62.4 Å². The molecule has 0 bridgehead atoms. The maximum atomic E-state index is 13.6. The zero-order valence-corrected chi connectivity index (χ0v) is 19.1. The molecule has 0 aliphatic carbocycles. The van der Waals surface area contributed by atoms with Gasteiger partial charge in [0.1, 0.15) is 11.3 Å². The molecule has 0 fully saturated rings. The second-order valence-corrected chi connectivity index (χ2v) is 8.58. The number of carbonyl (C=O) groups excluding carboxylic acids is 1. The molecule has 6 heteroatoms. The molecular formula is C27H22ClNO4. The fourth-order valence-corrected chi connectivity index (χ4v) is 4.51.